The zero-order valence-corrected chi connectivity index (χ0v) is 14.0. The van der Waals surface area contributed by atoms with Crippen molar-refractivity contribution in [1.29, 1.82) is 0 Å². The van der Waals surface area contributed by atoms with E-state index in [1.165, 1.54) is 29.8 Å². The Kier molecular flexibility index (Phi) is 5.01. The number of rotatable bonds is 5. The van der Waals surface area contributed by atoms with Gasteiger partial charge in [-0.1, -0.05) is 43.7 Å². The lowest BCUT2D eigenvalue weighted by Gasteiger charge is -2.24. The van der Waals surface area contributed by atoms with Crippen LogP contribution in [0.25, 0.3) is 0 Å². The van der Waals surface area contributed by atoms with Gasteiger partial charge in [-0.3, -0.25) is 9.69 Å². The van der Waals surface area contributed by atoms with Gasteiger partial charge in [0.15, 0.2) is 0 Å². The highest BCUT2D eigenvalue weighted by Gasteiger charge is 2.35. The molecule has 23 heavy (non-hydrogen) atoms. The van der Waals surface area contributed by atoms with Crippen molar-refractivity contribution >= 4 is 23.4 Å². The maximum atomic E-state index is 14.1. The highest BCUT2D eigenvalue weighted by molar-refractivity contribution is 8.00. The normalized spacial score (nSPS) is 17.7. The van der Waals surface area contributed by atoms with Gasteiger partial charge in [0.2, 0.25) is 5.91 Å². The number of hydrogen-bond donors (Lipinski definition) is 0. The van der Waals surface area contributed by atoms with Crippen LogP contribution in [0.5, 0.6) is 0 Å². The molecule has 1 atom stereocenters. The molecule has 2 aromatic carbocycles. The molecule has 3 rings (SSSR count). The molecule has 2 aromatic rings. The molecular weight excluding hydrogens is 309 g/mol. The molecular formula is C19H20FNOS. The van der Waals surface area contributed by atoms with Gasteiger partial charge in [0.1, 0.15) is 11.2 Å². The fraction of sp³-hybridized carbons (Fsp3) is 0.316. The molecule has 1 aliphatic heterocycles. The van der Waals surface area contributed by atoms with E-state index in [2.05, 4.69) is 19.1 Å². The fourth-order valence-corrected chi connectivity index (χ4v) is 4.01. The van der Waals surface area contributed by atoms with Crippen molar-refractivity contribution in [2.75, 3.05) is 10.7 Å². The summed E-state index contributed by atoms with van der Waals surface area (Å²) in [5.74, 6) is 0.158. The smallest absolute Gasteiger partial charge is 0.238 e. The van der Waals surface area contributed by atoms with Gasteiger partial charge in [0.25, 0.3) is 0 Å². The average Bonchev–Trinajstić information content (AvgIpc) is 2.95. The molecule has 2 nitrogen and oxygen atoms in total. The van der Waals surface area contributed by atoms with Gasteiger partial charge in [-0.2, -0.15) is 0 Å². The Balaban J connectivity index is 1.87. The number of nitrogens with zero attached hydrogens (tertiary/aromatic N) is 1. The summed E-state index contributed by atoms with van der Waals surface area (Å²) in [6.45, 7) is 2.17. The van der Waals surface area contributed by atoms with Gasteiger partial charge in [-0.15, -0.1) is 11.8 Å². The standard InChI is InChI=1S/C19H20FNOS/c1-2-3-6-14-9-11-15(12-10-14)21-18(22)13-23-19(21)16-7-4-5-8-17(16)20/h4-5,7-12,19H,2-3,6,13H2,1H3. The van der Waals surface area contributed by atoms with Crippen LogP contribution in [0.2, 0.25) is 0 Å². The number of carbonyl (C=O) groups is 1. The predicted molar refractivity (Wildman–Crippen MR) is 94.1 cm³/mol. The molecule has 1 fully saturated rings. The molecule has 0 spiro atoms. The van der Waals surface area contributed by atoms with Crippen molar-refractivity contribution < 1.29 is 9.18 Å². The van der Waals surface area contributed by atoms with Crippen LogP contribution in [0, 0.1) is 5.82 Å². The maximum absolute atomic E-state index is 14.1. The lowest BCUT2D eigenvalue weighted by Crippen LogP contribution is -2.28. The molecule has 1 amide bonds. The van der Waals surface area contributed by atoms with Crippen molar-refractivity contribution in [2.24, 2.45) is 0 Å². The van der Waals surface area contributed by atoms with E-state index in [0.29, 0.717) is 11.3 Å². The van der Waals surface area contributed by atoms with Gasteiger partial charge < -0.3 is 0 Å². The predicted octanol–water partition coefficient (Wildman–Crippen LogP) is 4.95. The number of unbranched alkanes of at least 4 members (excludes halogenated alkanes) is 1. The van der Waals surface area contributed by atoms with E-state index in [-0.39, 0.29) is 17.1 Å². The van der Waals surface area contributed by atoms with Gasteiger partial charge in [0, 0.05) is 11.3 Å². The lowest BCUT2D eigenvalue weighted by molar-refractivity contribution is -0.115. The Morgan fingerprint density at radius 1 is 1.17 bits per heavy atom. The molecule has 1 aliphatic rings. The summed E-state index contributed by atoms with van der Waals surface area (Å²) in [6, 6.07) is 14.8. The number of halogens is 1. The maximum Gasteiger partial charge on any atom is 0.238 e. The summed E-state index contributed by atoms with van der Waals surface area (Å²) in [6.07, 6.45) is 3.38. The monoisotopic (exact) mass is 329 g/mol. The molecule has 1 saturated heterocycles. The Hall–Kier alpha value is -1.81. The van der Waals surface area contributed by atoms with Crippen LogP contribution >= 0.6 is 11.8 Å². The summed E-state index contributed by atoms with van der Waals surface area (Å²) in [5, 5.41) is -0.287. The Morgan fingerprint density at radius 2 is 1.91 bits per heavy atom. The van der Waals surface area contributed by atoms with Gasteiger partial charge in [-0.25, -0.2) is 4.39 Å². The summed E-state index contributed by atoms with van der Waals surface area (Å²) >= 11 is 1.48. The van der Waals surface area contributed by atoms with E-state index in [1.54, 1.807) is 17.0 Å². The second kappa shape index (κ2) is 7.18. The largest absolute Gasteiger partial charge is 0.295 e. The molecule has 0 bridgehead atoms. The number of thioether (sulfide) groups is 1. The third-order valence-corrected chi connectivity index (χ3v) is 5.27. The Labute approximate surface area is 140 Å². The quantitative estimate of drug-likeness (QED) is 0.774. The van der Waals surface area contributed by atoms with E-state index >= 15 is 0 Å². The Bertz CT molecular complexity index is 686. The number of hydrogen-bond acceptors (Lipinski definition) is 2. The van der Waals surface area contributed by atoms with Crippen molar-refractivity contribution in [3.8, 4) is 0 Å². The molecule has 0 radical (unpaired) electrons. The first kappa shape index (κ1) is 16.1. The van der Waals surface area contributed by atoms with Crippen LogP contribution < -0.4 is 4.90 Å². The first-order chi connectivity index (χ1) is 11.2. The summed E-state index contributed by atoms with van der Waals surface area (Å²) in [5.41, 5.74) is 2.68. The van der Waals surface area contributed by atoms with Crippen molar-refractivity contribution in [3.63, 3.8) is 0 Å². The van der Waals surface area contributed by atoms with Crippen molar-refractivity contribution in [3.05, 3.63) is 65.5 Å². The molecule has 0 aromatic heterocycles. The van der Waals surface area contributed by atoms with Gasteiger partial charge >= 0.3 is 0 Å². The number of anilines is 1. The van der Waals surface area contributed by atoms with Crippen LogP contribution in [-0.2, 0) is 11.2 Å². The van der Waals surface area contributed by atoms with E-state index in [1.807, 2.05) is 18.2 Å². The topological polar surface area (TPSA) is 20.3 Å². The summed E-state index contributed by atoms with van der Waals surface area (Å²) in [4.78, 5) is 14.0. The molecule has 0 saturated carbocycles. The first-order valence-corrected chi connectivity index (χ1v) is 9.02. The van der Waals surface area contributed by atoms with Gasteiger partial charge in [0.05, 0.1) is 5.75 Å². The van der Waals surface area contributed by atoms with Gasteiger partial charge in [-0.05, 0) is 36.6 Å². The lowest BCUT2D eigenvalue weighted by atomic mass is 10.1. The fourth-order valence-electron chi connectivity index (χ4n) is 2.81. The van der Waals surface area contributed by atoms with Crippen molar-refractivity contribution in [2.45, 2.75) is 31.6 Å². The van der Waals surface area contributed by atoms with E-state index in [9.17, 15) is 9.18 Å². The third-order valence-electron chi connectivity index (χ3n) is 4.07. The number of carbonyl (C=O) groups excluding carboxylic acids is 1. The first-order valence-electron chi connectivity index (χ1n) is 7.97. The van der Waals surface area contributed by atoms with Crippen molar-refractivity contribution in [1.82, 2.24) is 0 Å². The minimum absolute atomic E-state index is 0.0320. The molecule has 120 valence electrons. The molecule has 1 unspecified atom stereocenters. The Morgan fingerprint density at radius 3 is 2.61 bits per heavy atom. The second-order valence-corrected chi connectivity index (χ2v) is 6.79. The minimum atomic E-state index is -0.287. The van der Waals surface area contributed by atoms with Crippen LogP contribution in [-0.4, -0.2) is 11.7 Å². The molecule has 1 heterocycles. The highest BCUT2D eigenvalue weighted by atomic mass is 32.2. The molecule has 4 heteroatoms. The van der Waals surface area contributed by atoms with Crippen LogP contribution in [0.15, 0.2) is 48.5 Å². The van der Waals surface area contributed by atoms with Crippen LogP contribution in [0.3, 0.4) is 0 Å². The minimum Gasteiger partial charge on any atom is -0.295 e. The van der Waals surface area contributed by atoms with Crippen LogP contribution in [0.4, 0.5) is 10.1 Å². The van der Waals surface area contributed by atoms with E-state index in [0.717, 1.165) is 18.5 Å². The third kappa shape index (κ3) is 3.42. The molecule has 0 aliphatic carbocycles. The van der Waals surface area contributed by atoms with Crippen LogP contribution in [0.1, 0.15) is 36.3 Å². The zero-order chi connectivity index (χ0) is 16.2. The number of benzene rings is 2. The summed E-state index contributed by atoms with van der Waals surface area (Å²) in [7, 11) is 0. The second-order valence-electron chi connectivity index (χ2n) is 5.72. The molecule has 0 N–H and O–H groups in total. The highest BCUT2D eigenvalue weighted by Crippen LogP contribution is 2.42. The SMILES string of the molecule is CCCCc1ccc(N2C(=O)CSC2c2ccccc2F)cc1. The average molecular weight is 329 g/mol. The van der Waals surface area contributed by atoms with E-state index in [4.69, 9.17) is 0 Å². The zero-order valence-electron chi connectivity index (χ0n) is 13.2. The summed E-state index contributed by atoms with van der Waals surface area (Å²) < 4.78 is 14.1. The number of aryl methyl sites for hydroxylation is 1. The number of amides is 1. The van der Waals surface area contributed by atoms with E-state index < -0.39 is 0 Å².